The van der Waals surface area contributed by atoms with Crippen molar-refractivity contribution in [1.82, 2.24) is 14.2 Å². The SMILES string of the molecule is CC(C)(C)OC(=O)N1CCC(S(=O)(=O)N2Cc3cnc(C(O)c4ccccc4)cc3C2)CC1. The van der Waals surface area contributed by atoms with Crippen molar-refractivity contribution in [2.75, 3.05) is 13.1 Å². The lowest BCUT2D eigenvalue weighted by atomic mass is 10.0. The Bertz CT molecular complexity index is 1110. The van der Waals surface area contributed by atoms with Gasteiger partial charge in [0.15, 0.2) is 0 Å². The average Bonchev–Trinajstić information content (AvgIpc) is 3.22. The van der Waals surface area contributed by atoms with Crippen molar-refractivity contribution in [3.8, 4) is 0 Å². The lowest BCUT2D eigenvalue weighted by Gasteiger charge is -2.34. The first-order chi connectivity index (χ1) is 15.5. The molecule has 0 aliphatic carbocycles. The minimum atomic E-state index is -3.53. The molecule has 1 aromatic carbocycles. The fourth-order valence-electron chi connectivity index (χ4n) is 4.28. The summed E-state index contributed by atoms with van der Waals surface area (Å²) in [7, 11) is -3.53. The molecule has 1 saturated heterocycles. The average molecular weight is 474 g/mol. The molecular formula is C24H31N3O5S. The maximum Gasteiger partial charge on any atom is 0.410 e. The number of rotatable bonds is 4. The minimum Gasteiger partial charge on any atom is -0.444 e. The van der Waals surface area contributed by atoms with Crippen LogP contribution in [-0.4, -0.2) is 57.7 Å². The molecule has 2 aliphatic rings. The van der Waals surface area contributed by atoms with Gasteiger partial charge in [-0.25, -0.2) is 13.2 Å². The minimum absolute atomic E-state index is 0.265. The van der Waals surface area contributed by atoms with Crippen LogP contribution in [0.2, 0.25) is 0 Å². The number of hydrogen-bond acceptors (Lipinski definition) is 6. The molecule has 3 heterocycles. The summed E-state index contributed by atoms with van der Waals surface area (Å²) in [6.07, 6.45) is 1.16. The third kappa shape index (κ3) is 5.20. The molecule has 1 N–H and O–H groups in total. The zero-order valence-corrected chi connectivity index (χ0v) is 20.1. The van der Waals surface area contributed by atoms with E-state index in [9.17, 15) is 18.3 Å². The van der Waals surface area contributed by atoms with Gasteiger partial charge in [0.1, 0.15) is 11.7 Å². The Morgan fingerprint density at radius 3 is 2.39 bits per heavy atom. The maximum absolute atomic E-state index is 13.3. The second-order valence-corrected chi connectivity index (χ2v) is 11.9. The standard InChI is InChI=1S/C24H31N3O5S/c1-24(2,3)32-23(29)26-11-9-20(10-12-26)33(30,31)27-15-18-13-21(25-14-19(18)16-27)22(28)17-7-5-4-6-8-17/h4-8,13-14,20,22,28H,9-12,15-16H2,1-3H3. The lowest BCUT2D eigenvalue weighted by molar-refractivity contribution is 0.0216. The molecule has 4 rings (SSSR count). The van der Waals surface area contributed by atoms with Gasteiger partial charge in [-0.1, -0.05) is 30.3 Å². The second kappa shape index (κ2) is 9.04. The summed E-state index contributed by atoms with van der Waals surface area (Å²) in [6.45, 7) is 6.69. The van der Waals surface area contributed by atoms with Crippen LogP contribution in [-0.2, 0) is 27.8 Å². The number of carbonyl (C=O) groups is 1. The Kier molecular flexibility index (Phi) is 6.48. The first kappa shape index (κ1) is 23.7. The van der Waals surface area contributed by atoms with Crippen LogP contribution in [0, 0.1) is 0 Å². The summed E-state index contributed by atoms with van der Waals surface area (Å²) in [5.41, 5.74) is 2.38. The Balaban J connectivity index is 1.40. The third-order valence-electron chi connectivity index (χ3n) is 6.07. The van der Waals surface area contributed by atoms with Gasteiger partial charge >= 0.3 is 6.09 Å². The summed E-state index contributed by atoms with van der Waals surface area (Å²) in [5.74, 6) is 0. The molecule has 1 fully saturated rings. The topological polar surface area (TPSA) is 100 Å². The van der Waals surface area contributed by atoms with E-state index in [2.05, 4.69) is 4.98 Å². The molecule has 33 heavy (non-hydrogen) atoms. The van der Waals surface area contributed by atoms with E-state index >= 15 is 0 Å². The van der Waals surface area contributed by atoms with Crippen LogP contribution in [0.15, 0.2) is 42.6 Å². The summed E-state index contributed by atoms with van der Waals surface area (Å²) in [5, 5.41) is 10.1. The fourth-order valence-corrected chi connectivity index (χ4v) is 6.14. The number of aliphatic hydroxyl groups is 1. The molecule has 8 nitrogen and oxygen atoms in total. The van der Waals surface area contributed by atoms with Gasteiger partial charge < -0.3 is 14.7 Å². The molecule has 1 amide bonds. The predicted molar refractivity (Wildman–Crippen MR) is 124 cm³/mol. The number of likely N-dealkylation sites (tertiary alicyclic amines) is 1. The van der Waals surface area contributed by atoms with E-state index in [4.69, 9.17) is 4.74 Å². The van der Waals surface area contributed by atoms with Crippen LogP contribution in [0.4, 0.5) is 4.79 Å². The highest BCUT2D eigenvalue weighted by molar-refractivity contribution is 7.89. The van der Waals surface area contributed by atoms with Gasteiger partial charge in [0.2, 0.25) is 10.0 Å². The third-order valence-corrected chi connectivity index (χ3v) is 8.36. The highest BCUT2D eigenvalue weighted by Crippen LogP contribution is 2.32. The molecule has 1 atom stereocenters. The van der Waals surface area contributed by atoms with Crippen molar-refractivity contribution < 1.29 is 23.1 Å². The summed E-state index contributed by atoms with van der Waals surface area (Å²) < 4.78 is 33.5. The number of ether oxygens (including phenoxy) is 1. The molecule has 0 bridgehead atoms. The Morgan fingerprint density at radius 1 is 1.12 bits per heavy atom. The maximum atomic E-state index is 13.3. The van der Waals surface area contributed by atoms with E-state index in [1.165, 1.54) is 4.31 Å². The van der Waals surface area contributed by atoms with Crippen molar-refractivity contribution >= 4 is 16.1 Å². The summed E-state index contributed by atoms with van der Waals surface area (Å²) in [6, 6.07) is 11.1. The van der Waals surface area contributed by atoms with E-state index in [0.717, 1.165) is 16.7 Å². The number of benzene rings is 1. The first-order valence-corrected chi connectivity index (χ1v) is 12.7. The van der Waals surface area contributed by atoms with Crippen LogP contribution >= 0.6 is 0 Å². The molecule has 0 spiro atoms. The normalized spacial score (nSPS) is 18.7. The van der Waals surface area contributed by atoms with Gasteiger partial charge in [-0.15, -0.1) is 0 Å². The number of piperidine rings is 1. The monoisotopic (exact) mass is 473 g/mol. The number of hydrogen-bond donors (Lipinski definition) is 1. The van der Waals surface area contributed by atoms with Crippen LogP contribution in [0.1, 0.15) is 62.1 Å². The highest BCUT2D eigenvalue weighted by Gasteiger charge is 2.39. The van der Waals surface area contributed by atoms with Crippen molar-refractivity contribution in [2.24, 2.45) is 0 Å². The fraction of sp³-hybridized carbons (Fsp3) is 0.500. The number of carbonyl (C=O) groups excluding carboxylic acids is 1. The highest BCUT2D eigenvalue weighted by atomic mass is 32.2. The number of sulfonamides is 1. The van der Waals surface area contributed by atoms with E-state index < -0.39 is 33.1 Å². The molecule has 0 saturated carbocycles. The second-order valence-electron chi connectivity index (χ2n) is 9.67. The number of aliphatic hydroxyl groups excluding tert-OH is 1. The molecule has 178 valence electrons. The quantitative estimate of drug-likeness (QED) is 0.732. The van der Waals surface area contributed by atoms with Gasteiger partial charge in [-0.05, 0) is 56.4 Å². The predicted octanol–water partition coefficient (Wildman–Crippen LogP) is 3.21. The van der Waals surface area contributed by atoms with Crippen molar-refractivity contribution in [2.45, 2.75) is 63.7 Å². The summed E-state index contributed by atoms with van der Waals surface area (Å²) >= 11 is 0. The van der Waals surface area contributed by atoms with Gasteiger partial charge in [0, 0.05) is 32.4 Å². The van der Waals surface area contributed by atoms with E-state index in [1.54, 1.807) is 17.2 Å². The number of nitrogens with zero attached hydrogens (tertiary/aromatic N) is 3. The molecule has 1 aromatic heterocycles. The number of fused-ring (bicyclic) bond motifs is 1. The zero-order chi connectivity index (χ0) is 23.8. The zero-order valence-electron chi connectivity index (χ0n) is 19.3. The van der Waals surface area contributed by atoms with Crippen LogP contribution in [0.3, 0.4) is 0 Å². The number of pyridine rings is 1. The van der Waals surface area contributed by atoms with Gasteiger partial charge in [0.25, 0.3) is 0 Å². The van der Waals surface area contributed by atoms with E-state index in [0.29, 0.717) is 31.6 Å². The Morgan fingerprint density at radius 2 is 1.76 bits per heavy atom. The van der Waals surface area contributed by atoms with Gasteiger partial charge in [0.05, 0.1) is 10.9 Å². The van der Waals surface area contributed by atoms with Crippen molar-refractivity contribution in [3.05, 3.63) is 65.0 Å². The van der Waals surface area contributed by atoms with E-state index in [-0.39, 0.29) is 13.1 Å². The van der Waals surface area contributed by atoms with E-state index in [1.807, 2.05) is 51.1 Å². The van der Waals surface area contributed by atoms with Crippen molar-refractivity contribution in [1.29, 1.82) is 0 Å². The van der Waals surface area contributed by atoms with Gasteiger partial charge in [-0.3, -0.25) is 4.98 Å². The smallest absolute Gasteiger partial charge is 0.410 e. The Hall–Kier alpha value is -2.49. The molecule has 2 aromatic rings. The van der Waals surface area contributed by atoms with Crippen LogP contribution in [0.5, 0.6) is 0 Å². The molecule has 2 aliphatic heterocycles. The van der Waals surface area contributed by atoms with Crippen molar-refractivity contribution in [3.63, 3.8) is 0 Å². The van der Waals surface area contributed by atoms with Crippen LogP contribution < -0.4 is 0 Å². The van der Waals surface area contributed by atoms with Gasteiger partial charge in [-0.2, -0.15) is 4.31 Å². The number of amides is 1. The molecule has 9 heteroatoms. The Labute approximate surface area is 195 Å². The first-order valence-electron chi connectivity index (χ1n) is 11.2. The number of aromatic nitrogens is 1. The molecular weight excluding hydrogens is 442 g/mol. The lowest BCUT2D eigenvalue weighted by Crippen LogP contribution is -2.47. The molecule has 1 unspecified atom stereocenters. The molecule has 0 radical (unpaired) electrons. The largest absolute Gasteiger partial charge is 0.444 e. The summed E-state index contributed by atoms with van der Waals surface area (Å²) in [4.78, 5) is 18.2. The van der Waals surface area contributed by atoms with Crippen LogP contribution in [0.25, 0.3) is 0 Å².